The quantitative estimate of drug-likeness (QED) is 0.194. The number of methoxy groups -OCH3 is 1. The van der Waals surface area contributed by atoms with Crippen molar-refractivity contribution in [3.63, 3.8) is 0 Å². The summed E-state index contributed by atoms with van der Waals surface area (Å²) in [5, 5.41) is 14.9. The zero-order chi connectivity index (χ0) is 23.3. The fraction of sp³-hybridized carbons (Fsp3) is 0.273. The smallest absolute Gasteiger partial charge is 0.328 e. The number of rotatable bonds is 9. The molecule has 3 aromatic rings. The highest BCUT2D eigenvalue weighted by atomic mass is 32.2. The molecule has 1 heterocycles. The van der Waals surface area contributed by atoms with E-state index >= 15 is 0 Å². The number of para-hydroxylation sites is 2. The topological polar surface area (TPSA) is 126 Å². The van der Waals surface area contributed by atoms with Crippen LogP contribution in [0.15, 0.2) is 59.6 Å². The first-order valence-corrected chi connectivity index (χ1v) is 10.7. The lowest BCUT2D eigenvalue weighted by Crippen LogP contribution is -2.48. The van der Waals surface area contributed by atoms with Gasteiger partial charge in [-0.1, -0.05) is 44.2 Å². The van der Waals surface area contributed by atoms with E-state index in [9.17, 15) is 19.7 Å². The molecule has 1 amide bonds. The van der Waals surface area contributed by atoms with Gasteiger partial charge in [0.15, 0.2) is 0 Å². The molecule has 1 aromatic heterocycles. The second-order valence-electron chi connectivity index (χ2n) is 7.42. The van der Waals surface area contributed by atoms with Crippen LogP contribution in [0.25, 0.3) is 10.9 Å². The van der Waals surface area contributed by atoms with Gasteiger partial charge in [0, 0.05) is 28.7 Å². The van der Waals surface area contributed by atoms with E-state index in [4.69, 9.17) is 4.74 Å². The number of aromatic nitrogens is 1. The fourth-order valence-corrected chi connectivity index (χ4v) is 4.14. The minimum absolute atomic E-state index is 0.0716. The van der Waals surface area contributed by atoms with Gasteiger partial charge in [0.2, 0.25) is 5.91 Å². The first kappa shape index (κ1) is 23.3. The maximum Gasteiger partial charge on any atom is 0.328 e. The largest absolute Gasteiger partial charge is 0.467 e. The van der Waals surface area contributed by atoms with Crippen molar-refractivity contribution in [1.82, 2.24) is 15.0 Å². The predicted octanol–water partition coefficient (Wildman–Crippen LogP) is 3.73. The highest BCUT2D eigenvalue weighted by Gasteiger charge is 2.31. The normalized spacial score (nSPS) is 13.0. The molecule has 9 nitrogen and oxygen atoms in total. The first-order chi connectivity index (χ1) is 15.3. The van der Waals surface area contributed by atoms with Gasteiger partial charge in [-0.25, -0.2) is 9.52 Å². The Hall–Kier alpha value is -3.37. The zero-order valence-corrected chi connectivity index (χ0v) is 18.6. The molecule has 2 atom stereocenters. The lowest BCUT2D eigenvalue weighted by molar-refractivity contribution is -0.387. The van der Waals surface area contributed by atoms with E-state index in [-0.39, 0.29) is 11.6 Å². The second kappa shape index (κ2) is 10.3. The van der Waals surface area contributed by atoms with Crippen LogP contribution < -0.4 is 10.0 Å². The Morgan fingerprint density at radius 2 is 1.81 bits per heavy atom. The van der Waals surface area contributed by atoms with Gasteiger partial charge in [-0.05, 0) is 30.0 Å². The number of hydrogen-bond donors (Lipinski definition) is 3. The van der Waals surface area contributed by atoms with Crippen molar-refractivity contribution < 1.29 is 19.2 Å². The summed E-state index contributed by atoms with van der Waals surface area (Å²) in [5.74, 6) is -1.19. The monoisotopic (exact) mass is 456 g/mol. The number of esters is 1. The summed E-state index contributed by atoms with van der Waals surface area (Å²) >= 11 is 0.986. The first-order valence-electron chi connectivity index (χ1n) is 9.93. The Morgan fingerprint density at radius 3 is 2.50 bits per heavy atom. The molecule has 2 aromatic carbocycles. The summed E-state index contributed by atoms with van der Waals surface area (Å²) in [6, 6.07) is 12.0. The Morgan fingerprint density at radius 1 is 1.12 bits per heavy atom. The third kappa shape index (κ3) is 5.09. The molecule has 10 heteroatoms. The highest BCUT2D eigenvalue weighted by Crippen LogP contribution is 2.31. The fourth-order valence-electron chi connectivity index (χ4n) is 3.27. The van der Waals surface area contributed by atoms with Crippen molar-refractivity contribution in [2.45, 2.75) is 30.8 Å². The number of carbonyl (C=O) groups is 2. The van der Waals surface area contributed by atoms with Crippen molar-refractivity contribution in [3.05, 3.63) is 70.4 Å². The number of H-pyrrole nitrogens is 1. The van der Waals surface area contributed by atoms with Crippen LogP contribution in [0.4, 0.5) is 5.69 Å². The molecule has 0 aliphatic heterocycles. The molecule has 0 bridgehead atoms. The SMILES string of the molecule is COC(=O)[C@@H](NC(=O)[C@H](NSc1ccccc1[N+](=O)[O-])c1c[nH]c2ccccc12)C(C)C. The minimum atomic E-state index is -0.901. The van der Waals surface area contributed by atoms with Crippen LogP contribution in [0.2, 0.25) is 0 Å². The van der Waals surface area contributed by atoms with Gasteiger partial charge in [-0.2, -0.15) is 0 Å². The van der Waals surface area contributed by atoms with Gasteiger partial charge in [0.1, 0.15) is 17.0 Å². The summed E-state index contributed by atoms with van der Waals surface area (Å²) in [5.41, 5.74) is 1.42. The maximum absolute atomic E-state index is 13.3. The lowest BCUT2D eigenvalue weighted by atomic mass is 10.0. The standard InChI is InChI=1S/C22H24N4O5S/c1-13(2)19(22(28)31-3)24-21(27)20(15-12-23-16-9-5-4-8-14(15)16)25-32-18-11-7-6-10-17(18)26(29)30/h4-13,19-20,23,25H,1-3H3,(H,24,27)/t19-,20+/m0/s1. The summed E-state index contributed by atoms with van der Waals surface area (Å²) in [6.45, 7) is 3.61. The van der Waals surface area contributed by atoms with E-state index < -0.39 is 28.9 Å². The van der Waals surface area contributed by atoms with Crippen LogP contribution in [-0.4, -0.2) is 34.9 Å². The molecule has 3 rings (SSSR count). The number of benzene rings is 2. The molecule has 0 fully saturated rings. The lowest BCUT2D eigenvalue weighted by Gasteiger charge is -2.24. The molecular weight excluding hydrogens is 432 g/mol. The Labute approximate surface area is 189 Å². The number of ether oxygens (including phenoxy) is 1. The summed E-state index contributed by atoms with van der Waals surface area (Å²) in [4.78, 5) is 39.9. The number of nitrogens with zero attached hydrogens (tertiary/aromatic N) is 1. The second-order valence-corrected chi connectivity index (χ2v) is 8.30. The third-order valence-electron chi connectivity index (χ3n) is 4.96. The molecule has 0 saturated carbocycles. The Balaban J connectivity index is 1.94. The molecule has 0 unspecified atom stereocenters. The van der Waals surface area contributed by atoms with Crippen LogP contribution >= 0.6 is 11.9 Å². The van der Waals surface area contributed by atoms with E-state index in [1.807, 2.05) is 24.3 Å². The number of amides is 1. The van der Waals surface area contributed by atoms with Gasteiger partial charge in [-0.3, -0.25) is 14.9 Å². The molecule has 0 radical (unpaired) electrons. The van der Waals surface area contributed by atoms with E-state index in [0.29, 0.717) is 10.5 Å². The predicted molar refractivity (Wildman–Crippen MR) is 122 cm³/mol. The van der Waals surface area contributed by atoms with Crippen molar-refractivity contribution in [2.75, 3.05) is 7.11 Å². The molecule has 3 N–H and O–H groups in total. The minimum Gasteiger partial charge on any atom is -0.467 e. The number of carbonyl (C=O) groups excluding carboxylic acids is 2. The average molecular weight is 457 g/mol. The van der Waals surface area contributed by atoms with Crippen LogP contribution in [0.3, 0.4) is 0 Å². The van der Waals surface area contributed by atoms with E-state index in [1.54, 1.807) is 38.2 Å². The van der Waals surface area contributed by atoms with Crippen molar-refractivity contribution in [2.24, 2.45) is 5.92 Å². The van der Waals surface area contributed by atoms with Crippen LogP contribution in [0.1, 0.15) is 25.5 Å². The van der Waals surface area contributed by atoms with Crippen molar-refractivity contribution >= 4 is 40.4 Å². The molecule has 0 saturated heterocycles. The Bertz CT molecular complexity index is 1130. The molecule has 0 aliphatic rings. The third-order valence-corrected chi connectivity index (χ3v) is 5.88. The Kier molecular flexibility index (Phi) is 7.49. The van der Waals surface area contributed by atoms with Gasteiger partial charge < -0.3 is 15.0 Å². The summed E-state index contributed by atoms with van der Waals surface area (Å²) < 4.78 is 7.88. The average Bonchev–Trinajstić information content (AvgIpc) is 3.21. The summed E-state index contributed by atoms with van der Waals surface area (Å²) in [6.07, 6.45) is 1.71. The molecule has 0 aliphatic carbocycles. The number of hydrogen-bond acceptors (Lipinski definition) is 7. The van der Waals surface area contributed by atoms with E-state index in [2.05, 4.69) is 15.0 Å². The van der Waals surface area contributed by atoms with Gasteiger partial charge >= 0.3 is 5.97 Å². The van der Waals surface area contributed by atoms with Gasteiger partial charge in [-0.15, -0.1) is 0 Å². The number of aromatic amines is 1. The van der Waals surface area contributed by atoms with Gasteiger partial charge in [0.25, 0.3) is 5.69 Å². The van der Waals surface area contributed by atoms with Crippen molar-refractivity contribution in [1.29, 1.82) is 0 Å². The zero-order valence-electron chi connectivity index (χ0n) is 17.8. The number of nitro benzene ring substituents is 1. The summed E-state index contributed by atoms with van der Waals surface area (Å²) in [7, 11) is 1.27. The maximum atomic E-state index is 13.3. The molecular formula is C22H24N4O5S. The number of nitrogens with one attached hydrogen (secondary N) is 3. The van der Waals surface area contributed by atoms with E-state index in [1.165, 1.54) is 13.2 Å². The molecule has 0 spiro atoms. The van der Waals surface area contributed by atoms with Gasteiger partial charge in [0.05, 0.1) is 12.0 Å². The number of nitro groups is 1. The van der Waals surface area contributed by atoms with Crippen molar-refractivity contribution in [3.8, 4) is 0 Å². The van der Waals surface area contributed by atoms with Crippen LogP contribution in [0.5, 0.6) is 0 Å². The number of fused-ring (bicyclic) bond motifs is 1. The van der Waals surface area contributed by atoms with E-state index in [0.717, 1.165) is 22.9 Å². The molecule has 168 valence electrons. The van der Waals surface area contributed by atoms with Crippen LogP contribution in [0, 0.1) is 16.0 Å². The molecule has 32 heavy (non-hydrogen) atoms. The van der Waals surface area contributed by atoms with Crippen LogP contribution in [-0.2, 0) is 14.3 Å². The highest BCUT2D eigenvalue weighted by molar-refractivity contribution is 7.97.